The van der Waals surface area contributed by atoms with Crippen LogP contribution >= 0.6 is 0 Å². The van der Waals surface area contributed by atoms with Crippen LogP contribution in [0, 0.1) is 0 Å². The van der Waals surface area contributed by atoms with E-state index in [-0.39, 0.29) is 5.91 Å². The van der Waals surface area contributed by atoms with Gasteiger partial charge in [0.05, 0.1) is 11.9 Å². The molecule has 0 aliphatic heterocycles. The van der Waals surface area contributed by atoms with Crippen LogP contribution in [-0.4, -0.2) is 25.0 Å². The van der Waals surface area contributed by atoms with Crippen molar-refractivity contribution in [1.29, 1.82) is 0 Å². The summed E-state index contributed by atoms with van der Waals surface area (Å²) in [4.78, 5) is 18.5. The van der Waals surface area contributed by atoms with E-state index in [4.69, 9.17) is 0 Å². The minimum atomic E-state index is -0.0133. The van der Waals surface area contributed by atoms with Gasteiger partial charge in [0.2, 0.25) is 5.91 Å². The van der Waals surface area contributed by atoms with Gasteiger partial charge in [-0.2, -0.15) is 0 Å². The van der Waals surface area contributed by atoms with Crippen molar-refractivity contribution in [3.05, 3.63) is 78.5 Å². The number of amides is 1. The summed E-state index contributed by atoms with van der Waals surface area (Å²) in [7, 11) is 4.02. The summed E-state index contributed by atoms with van der Waals surface area (Å²) < 4.78 is 0. The Morgan fingerprint density at radius 2 is 1.63 bits per heavy atom. The number of nitrogens with one attached hydrogen (secondary N) is 2. The minimum absolute atomic E-state index is 0.0133. The molecule has 0 unspecified atom stereocenters. The first-order chi connectivity index (χ1) is 13.1. The molecule has 5 heteroatoms. The molecule has 0 aliphatic carbocycles. The maximum Gasteiger partial charge on any atom is 0.224 e. The van der Waals surface area contributed by atoms with E-state index >= 15 is 0 Å². The monoisotopic (exact) mass is 360 g/mol. The lowest BCUT2D eigenvalue weighted by Gasteiger charge is -2.13. The lowest BCUT2D eigenvalue weighted by Crippen LogP contribution is -2.12. The van der Waals surface area contributed by atoms with E-state index in [1.807, 2.05) is 80.8 Å². The van der Waals surface area contributed by atoms with Crippen LogP contribution in [0.15, 0.2) is 72.9 Å². The van der Waals surface area contributed by atoms with Gasteiger partial charge in [-0.25, -0.2) is 4.98 Å². The van der Waals surface area contributed by atoms with Crippen LogP contribution in [-0.2, 0) is 11.2 Å². The zero-order chi connectivity index (χ0) is 19.1. The molecule has 1 aromatic heterocycles. The minimum Gasteiger partial charge on any atom is -0.378 e. The SMILES string of the molecule is CN(C)c1ccc(Nc2ccc(NC(=O)CCc3ccccc3)cn2)cc1. The van der Waals surface area contributed by atoms with Crippen molar-refractivity contribution in [3.63, 3.8) is 0 Å². The van der Waals surface area contributed by atoms with E-state index in [0.29, 0.717) is 12.1 Å². The maximum absolute atomic E-state index is 12.1. The van der Waals surface area contributed by atoms with Gasteiger partial charge in [-0.05, 0) is 48.4 Å². The first-order valence-electron chi connectivity index (χ1n) is 8.94. The van der Waals surface area contributed by atoms with Crippen LogP contribution in [0.4, 0.5) is 22.9 Å². The van der Waals surface area contributed by atoms with Crippen LogP contribution in [0.2, 0.25) is 0 Å². The van der Waals surface area contributed by atoms with Gasteiger partial charge in [0.1, 0.15) is 5.82 Å². The van der Waals surface area contributed by atoms with E-state index in [1.165, 1.54) is 0 Å². The second kappa shape index (κ2) is 8.85. The lowest BCUT2D eigenvalue weighted by atomic mass is 10.1. The third-order valence-corrected chi connectivity index (χ3v) is 4.19. The molecule has 2 N–H and O–H groups in total. The third kappa shape index (κ3) is 5.57. The summed E-state index contributed by atoms with van der Waals surface area (Å²) in [6.45, 7) is 0. The second-order valence-corrected chi connectivity index (χ2v) is 6.53. The second-order valence-electron chi connectivity index (χ2n) is 6.53. The highest BCUT2D eigenvalue weighted by molar-refractivity contribution is 5.90. The molecule has 0 saturated heterocycles. The number of aromatic nitrogens is 1. The van der Waals surface area contributed by atoms with Gasteiger partial charge in [0, 0.05) is 31.9 Å². The van der Waals surface area contributed by atoms with Crippen molar-refractivity contribution in [3.8, 4) is 0 Å². The maximum atomic E-state index is 12.1. The van der Waals surface area contributed by atoms with E-state index in [9.17, 15) is 4.79 Å². The van der Waals surface area contributed by atoms with Gasteiger partial charge in [-0.1, -0.05) is 30.3 Å². The number of rotatable bonds is 7. The molecular formula is C22H24N4O. The molecule has 2 aromatic carbocycles. The molecule has 0 saturated carbocycles. The zero-order valence-corrected chi connectivity index (χ0v) is 15.6. The molecular weight excluding hydrogens is 336 g/mol. The number of pyridine rings is 1. The Balaban J connectivity index is 1.51. The smallest absolute Gasteiger partial charge is 0.224 e. The first-order valence-corrected chi connectivity index (χ1v) is 8.94. The fourth-order valence-electron chi connectivity index (χ4n) is 2.66. The predicted molar refractivity (Wildman–Crippen MR) is 112 cm³/mol. The van der Waals surface area contributed by atoms with Crippen molar-refractivity contribution in [2.75, 3.05) is 29.6 Å². The normalized spacial score (nSPS) is 10.3. The Morgan fingerprint density at radius 1 is 0.926 bits per heavy atom. The van der Waals surface area contributed by atoms with Gasteiger partial charge in [-0.15, -0.1) is 0 Å². The number of carbonyl (C=O) groups excluding carboxylic acids is 1. The highest BCUT2D eigenvalue weighted by Gasteiger charge is 2.04. The molecule has 138 valence electrons. The lowest BCUT2D eigenvalue weighted by molar-refractivity contribution is -0.116. The molecule has 1 heterocycles. The van der Waals surface area contributed by atoms with Crippen LogP contribution in [0.1, 0.15) is 12.0 Å². The van der Waals surface area contributed by atoms with Crippen molar-refractivity contribution < 1.29 is 4.79 Å². The number of nitrogens with zero attached hydrogens (tertiary/aromatic N) is 2. The van der Waals surface area contributed by atoms with E-state index in [0.717, 1.165) is 29.2 Å². The van der Waals surface area contributed by atoms with Gasteiger partial charge in [-0.3, -0.25) is 4.79 Å². The van der Waals surface area contributed by atoms with Crippen LogP contribution in [0.3, 0.4) is 0 Å². The Labute approximate surface area is 160 Å². The summed E-state index contributed by atoms with van der Waals surface area (Å²) in [5.74, 6) is 0.718. The highest BCUT2D eigenvalue weighted by Crippen LogP contribution is 2.20. The molecule has 0 fully saturated rings. The van der Waals surface area contributed by atoms with E-state index in [2.05, 4.69) is 20.5 Å². The molecule has 0 atom stereocenters. The number of hydrogen-bond donors (Lipinski definition) is 2. The quantitative estimate of drug-likeness (QED) is 0.653. The van der Waals surface area contributed by atoms with E-state index < -0.39 is 0 Å². The fourth-order valence-corrected chi connectivity index (χ4v) is 2.66. The number of carbonyl (C=O) groups is 1. The molecule has 0 spiro atoms. The fraction of sp³-hybridized carbons (Fsp3) is 0.182. The summed E-state index contributed by atoms with van der Waals surface area (Å²) in [6, 6.07) is 21.8. The van der Waals surface area contributed by atoms with Gasteiger partial charge in [0.15, 0.2) is 0 Å². The predicted octanol–water partition coefficient (Wildman–Crippen LogP) is 4.46. The Bertz CT molecular complexity index is 859. The summed E-state index contributed by atoms with van der Waals surface area (Å²) >= 11 is 0. The largest absolute Gasteiger partial charge is 0.378 e. The number of anilines is 4. The summed E-state index contributed by atoms with van der Waals surface area (Å²) in [6.07, 6.45) is 2.84. The Kier molecular flexibility index (Phi) is 6.05. The third-order valence-electron chi connectivity index (χ3n) is 4.19. The Hall–Kier alpha value is -3.34. The van der Waals surface area contributed by atoms with Crippen molar-refractivity contribution in [1.82, 2.24) is 4.98 Å². The molecule has 0 bridgehead atoms. The first kappa shape index (κ1) is 18.5. The average Bonchev–Trinajstić information content (AvgIpc) is 2.69. The average molecular weight is 360 g/mol. The molecule has 27 heavy (non-hydrogen) atoms. The van der Waals surface area contributed by atoms with Crippen molar-refractivity contribution >= 4 is 28.8 Å². The van der Waals surface area contributed by atoms with Gasteiger partial charge >= 0.3 is 0 Å². The van der Waals surface area contributed by atoms with Gasteiger partial charge in [0.25, 0.3) is 0 Å². The Morgan fingerprint density at radius 3 is 2.26 bits per heavy atom. The number of benzene rings is 2. The van der Waals surface area contributed by atoms with Crippen LogP contribution in [0.25, 0.3) is 0 Å². The standard InChI is InChI=1S/C22H24N4O/c1-26(2)20-12-9-18(10-13-20)24-21-14-11-19(16-23-21)25-22(27)15-8-17-6-4-3-5-7-17/h3-7,9-14,16H,8,15H2,1-2H3,(H,23,24)(H,25,27). The van der Waals surface area contributed by atoms with Crippen molar-refractivity contribution in [2.45, 2.75) is 12.8 Å². The number of aryl methyl sites for hydroxylation is 1. The zero-order valence-electron chi connectivity index (χ0n) is 15.6. The highest BCUT2D eigenvalue weighted by atomic mass is 16.1. The molecule has 5 nitrogen and oxygen atoms in total. The topological polar surface area (TPSA) is 57.3 Å². The molecule has 3 rings (SSSR count). The molecule has 3 aromatic rings. The summed E-state index contributed by atoms with van der Waals surface area (Å²) in [5, 5.41) is 6.14. The summed E-state index contributed by atoms with van der Waals surface area (Å²) in [5.41, 5.74) is 3.96. The van der Waals surface area contributed by atoms with Crippen LogP contribution in [0.5, 0.6) is 0 Å². The molecule has 1 amide bonds. The molecule has 0 aliphatic rings. The number of hydrogen-bond acceptors (Lipinski definition) is 4. The van der Waals surface area contributed by atoms with Gasteiger partial charge < -0.3 is 15.5 Å². The van der Waals surface area contributed by atoms with E-state index in [1.54, 1.807) is 6.20 Å². The van der Waals surface area contributed by atoms with Crippen LogP contribution < -0.4 is 15.5 Å². The molecule has 0 radical (unpaired) electrons. The van der Waals surface area contributed by atoms with Crippen molar-refractivity contribution in [2.24, 2.45) is 0 Å².